The number of hydrogen-bond acceptors (Lipinski definition) is 2. The molecular formula is C27H32N2O. The molecule has 4 rings (SSSR count). The zero-order valence-corrected chi connectivity index (χ0v) is 18.2. The molecule has 1 saturated carbocycles. The number of aryl methyl sites for hydroxylation is 2. The summed E-state index contributed by atoms with van der Waals surface area (Å²) >= 11 is 0. The van der Waals surface area contributed by atoms with E-state index in [-0.39, 0.29) is 5.91 Å². The SMILES string of the molecule is Cc1cccc(CN(C(=O)CCc2ccccc2)C2=CC(C)C3CCCCC3=C2)n1. The summed E-state index contributed by atoms with van der Waals surface area (Å²) in [6, 6.07) is 16.3. The monoisotopic (exact) mass is 400 g/mol. The molecular weight excluding hydrogens is 368 g/mol. The number of aromatic nitrogens is 1. The molecule has 1 fully saturated rings. The summed E-state index contributed by atoms with van der Waals surface area (Å²) in [5.41, 5.74) is 5.74. The summed E-state index contributed by atoms with van der Waals surface area (Å²) in [4.78, 5) is 20.0. The van der Waals surface area contributed by atoms with Crippen LogP contribution in [0.2, 0.25) is 0 Å². The first-order valence-corrected chi connectivity index (χ1v) is 11.3. The summed E-state index contributed by atoms with van der Waals surface area (Å²) in [6.45, 7) is 4.84. The van der Waals surface area contributed by atoms with Crippen LogP contribution in [0.15, 0.2) is 72.0 Å². The Morgan fingerprint density at radius 3 is 2.73 bits per heavy atom. The second-order valence-corrected chi connectivity index (χ2v) is 8.76. The summed E-state index contributed by atoms with van der Waals surface area (Å²) in [7, 11) is 0. The molecule has 1 heterocycles. The minimum Gasteiger partial charge on any atom is -0.307 e. The van der Waals surface area contributed by atoms with Gasteiger partial charge in [-0.05, 0) is 68.2 Å². The van der Waals surface area contributed by atoms with E-state index in [2.05, 4.69) is 36.2 Å². The molecule has 2 aliphatic carbocycles. The molecule has 0 aliphatic heterocycles. The van der Waals surface area contributed by atoms with Crippen LogP contribution < -0.4 is 0 Å². The zero-order valence-electron chi connectivity index (χ0n) is 18.2. The number of pyridine rings is 1. The van der Waals surface area contributed by atoms with Crippen molar-refractivity contribution >= 4 is 5.91 Å². The number of allylic oxidation sites excluding steroid dienone is 3. The van der Waals surface area contributed by atoms with Gasteiger partial charge in [0.25, 0.3) is 0 Å². The van der Waals surface area contributed by atoms with Gasteiger partial charge in [0, 0.05) is 17.8 Å². The molecule has 2 aliphatic rings. The van der Waals surface area contributed by atoms with Gasteiger partial charge in [0.1, 0.15) is 0 Å². The quantitative estimate of drug-likeness (QED) is 0.596. The summed E-state index contributed by atoms with van der Waals surface area (Å²) in [6.07, 6.45) is 10.9. The van der Waals surface area contributed by atoms with Gasteiger partial charge < -0.3 is 4.90 Å². The molecule has 30 heavy (non-hydrogen) atoms. The molecule has 1 amide bonds. The Morgan fingerprint density at radius 1 is 1.10 bits per heavy atom. The molecule has 1 aromatic heterocycles. The van der Waals surface area contributed by atoms with E-state index < -0.39 is 0 Å². The average molecular weight is 401 g/mol. The van der Waals surface area contributed by atoms with Crippen LogP contribution in [0.1, 0.15) is 56.0 Å². The minimum atomic E-state index is 0.173. The van der Waals surface area contributed by atoms with Crippen molar-refractivity contribution in [2.45, 2.75) is 58.9 Å². The molecule has 2 unspecified atom stereocenters. The van der Waals surface area contributed by atoms with Gasteiger partial charge in [-0.1, -0.05) is 61.4 Å². The number of carbonyl (C=O) groups is 1. The number of nitrogens with zero attached hydrogens (tertiary/aromatic N) is 2. The molecule has 0 saturated heterocycles. The molecule has 0 spiro atoms. The molecule has 0 N–H and O–H groups in total. The van der Waals surface area contributed by atoms with Crippen molar-refractivity contribution in [2.24, 2.45) is 11.8 Å². The van der Waals surface area contributed by atoms with Gasteiger partial charge in [0.2, 0.25) is 5.91 Å². The summed E-state index contributed by atoms with van der Waals surface area (Å²) in [5, 5.41) is 0. The normalized spacial score (nSPS) is 20.7. The number of rotatable bonds is 6. The molecule has 3 heteroatoms. The van der Waals surface area contributed by atoms with Gasteiger partial charge in [0.05, 0.1) is 12.2 Å². The summed E-state index contributed by atoms with van der Waals surface area (Å²) in [5.74, 6) is 1.31. The highest BCUT2D eigenvalue weighted by atomic mass is 16.2. The standard InChI is InChI=1S/C27H32N2O/c1-20-17-25(18-23-12-6-7-14-26(20)23)29(19-24-13-8-9-21(2)28-24)27(30)16-15-22-10-4-3-5-11-22/h3-5,8-11,13,17-18,20,26H,6-7,12,14-16,19H2,1-2H3. The van der Waals surface area contributed by atoms with Crippen molar-refractivity contribution in [3.05, 3.63) is 88.9 Å². The maximum absolute atomic E-state index is 13.4. The number of fused-ring (bicyclic) bond motifs is 1. The smallest absolute Gasteiger partial charge is 0.227 e. The molecule has 2 atom stereocenters. The minimum absolute atomic E-state index is 0.173. The zero-order chi connectivity index (χ0) is 20.9. The van der Waals surface area contributed by atoms with Crippen LogP contribution in [0, 0.1) is 18.8 Å². The van der Waals surface area contributed by atoms with Gasteiger partial charge in [0.15, 0.2) is 0 Å². The number of benzene rings is 1. The van der Waals surface area contributed by atoms with Crippen LogP contribution in [0.25, 0.3) is 0 Å². The predicted molar refractivity (Wildman–Crippen MR) is 122 cm³/mol. The van der Waals surface area contributed by atoms with Crippen LogP contribution in [-0.2, 0) is 17.8 Å². The fourth-order valence-corrected chi connectivity index (χ4v) is 4.84. The first-order chi connectivity index (χ1) is 14.6. The van der Waals surface area contributed by atoms with Crippen LogP contribution in [0.4, 0.5) is 0 Å². The number of amides is 1. The van der Waals surface area contributed by atoms with Crippen molar-refractivity contribution in [3.8, 4) is 0 Å². The first kappa shape index (κ1) is 20.6. The molecule has 156 valence electrons. The van der Waals surface area contributed by atoms with E-state index in [0.717, 1.165) is 23.5 Å². The van der Waals surface area contributed by atoms with E-state index >= 15 is 0 Å². The van der Waals surface area contributed by atoms with E-state index in [1.807, 2.05) is 48.2 Å². The highest BCUT2D eigenvalue weighted by molar-refractivity contribution is 5.79. The van der Waals surface area contributed by atoms with Gasteiger partial charge >= 0.3 is 0 Å². The van der Waals surface area contributed by atoms with Gasteiger partial charge in [-0.15, -0.1) is 0 Å². The van der Waals surface area contributed by atoms with E-state index in [1.165, 1.54) is 36.8 Å². The largest absolute Gasteiger partial charge is 0.307 e. The fourth-order valence-electron chi connectivity index (χ4n) is 4.84. The first-order valence-electron chi connectivity index (χ1n) is 11.3. The lowest BCUT2D eigenvalue weighted by atomic mass is 9.74. The second kappa shape index (κ2) is 9.42. The molecule has 2 aromatic rings. The van der Waals surface area contributed by atoms with Crippen molar-refractivity contribution in [1.29, 1.82) is 0 Å². The molecule has 3 nitrogen and oxygen atoms in total. The lowest BCUT2D eigenvalue weighted by molar-refractivity contribution is -0.129. The Hall–Kier alpha value is -2.68. The summed E-state index contributed by atoms with van der Waals surface area (Å²) < 4.78 is 0. The lowest BCUT2D eigenvalue weighted by Crippen LogP contribution is -2.33. The van der Waals surface area contributed by atoms with Crippen LogP contribution in [0.3, 0.4) is 0 Å². The fraction of sp³-hybridized carbons (Fsp3) is 0.407. The van der Waals surface area contributed by atoms with Crippen LogP contribution in [-0.4, -0.2) is 15.8 Å². The Labute approximate surface area is 180 Å². The Morgan fingerprint density at radius 2 is 1.93 bits per heavy atom. The topological polar surface area (TPSA) is 33.2 Å². The maximum atomic E-state index is 13.4. The van der Waals surface area contributed by atoms with E-state index in [1.54, 1.807) is 0 Å². The lowest BCUT2D eigenvalue weighted by Gasteiger charge is -2.36. The van der Waals surface area contributed by atoms with Crippen molar-refractivity contribution in [1.82, 2.24) is 9.88 Å². The highest BCUT2D eigenvalue weighted by Crippen LogP contribution is 2.40. The van der Waals surface area contributed by atoms with Gasteiger partial charge in [-0.25, -0.2) is 0 Å². The predicted octanol–water partition coefficient (Wildman–Crippen LogP) is 6.00. The third kappa shape index (κ3) is 4.89. The van der Waals surface area contributed by atoms with Crippen molar-refractivity contribution in [3.63, 3.8) is 0 Å². The maximum Gasteiger partial charge on any atom is 0.227 e. The third-order valence-electron chi connectivity index (χ3n) is 6.46. The molecule has 0 radical (unpaired) electrons. The average Bonchev–Trinajstić information content (AvgIpc) is 2.76. The van der Waals surface area contributed by atoms with E-state index in [9.17, 15) is 4.79 Å². The van der Waals surface area contributed by atoms with Crippen LogP contribution in [0.5, 0.6) is 0 Å². The number of hydrogen-bond donors (Lipinski definition) is 0. The third-order valence-corrected chi connectivity index (χ3v) is 6.46. The van der Waals surface area contributed by atoms with E-state index in [0.29, 0.717) is 24.8 Å². The molecule has 1 aromatic carbocycles. The Bertz CT molecular complexity index is 944. The second-order valence-electron chi connectivity index (χ2n) is 8.76. The van der Waals surface area contributed by atoms with Crippen molar-refractivity contribution < 1.29 is 4.79 Å². The Balaban J connectivity index is 1.58. The highest BCUT2D eigenvalue weighted by Gasteiger charge is 2.29. The number of carbonyl (C=O) groups excluding carboxylic acids is 1. The van der Waals surface area contributed by atoms with E-state index in [4.69, 9.17) is 0 Å². The van der Waals surface area contributed by atoms with Gasteiger partial charge in [-0.3, -0.25) is 9.78 Å². The van der Waals surface area contributed by atoms with Crippen molar-refractivity contribution in [2.75, 3.05) is 0 Å². The Kier molecular flexibility index (Phi) is 6.47. The molecule has 0 bridgehead atoms. The van der Waals surface area contributed by atoms with Gasteiger partial charge in [-0.2, -0.15) is 0 Å². The van der Waals surface area contributed by atoms with Crippen LogP contribution >= 0.6 is 0 Å².